The van der Waals surface area contributed by atoms with Crippen molar-refractivity contribution in [3.8, 4) is 0 Å². The molecule has 2 rings (SSSR count). The second kappa shape index (κ2) is 10.2. The molecule has 2 heterocycles. The Labute approximate surface area is 142 Å². The number of hydrogen-bond donors (Lipinski definition) is 1. The monoisotopic (exact) mass is 355 g/mol. The number of halogens is 2. The molecule has 0 aliphatic carbocycles. The molecule has 0 saturated carbocycles. The molecule has 21 heavy (non-hydrogen) atoms. The Bertz CT molecular complexity index is 394. The summed E-state index contributed by atoms with van der Waals surface area (Å²) in [6.07, 6.45) is 0.217. The minimum atomic E-state index is -0.164. The fourth-order valence-corrected chi connectivity index (χ4v) is 3.00. The van der Waals surface area contributed by atoms with Crippen LogP contribution in [0.25, 0.3) is 0 Å². The Morgan fingerprint density at radius 3 is 2.52 bits per heavy atom. The van der Waals surface area contributed by atoms with Gasteiger partial charge in [0.25, 0.3) is 0 Å². The molecule has 1 fully saturated rings. The SMILES string of the molecule is COC(CN)CC(=O)N1CCN(c2cccs2)CC1.Cl.Cl. The summed E-state index contributed by atoms with van der Waals surface area (Å²) in [5, 5.41) is 3.36. The van der Waals surface area contributed by atoms with E-state index in [1.165, 1.54) is 5.00 Å². The van der Waals surface area contributed by atoms with Crippen LogP contribution in [-0.2, 0) is 9.53 Å². The third kappa shape index (κ3) is 5.64. The van der Waals surface area contributed by atoms with Crippen LogP contribution in [0, 0.1) is 0 Å². The molecule has 8 heteroatoms. The van der Waals surface area contributed by atoms with Gasteiger partial charge in [0.2, 0.25) is 5.91 Å². The van der Waals surface area contributed by atoms with Gasteiger partial charge >= 0.3 is 0 Å². The Morgan fingerprint density at radius 1 is 1.38 bits per heavy atom. The first-order chi connectivity index (χ1) is 9.24. The van der Waals surface area contributed by atoms with Crippen molar-refractivity contribution >= 4 is 47.1 Å². The number of nitrogens with zero attached hydrogens (tertiary/aromatic N) is 2. The number of hydrogen-bond acceptors (Lipinski definition) is 5. The van der Waals surface area contributed by atoms with E-state index >= 15 is 0 Å². The number of carbonyl (C=O) groups excluding carboxylic acids is 1. The molecule has 1 aromatic heterocycles. The van der Waals surface area contributed by atoms with Crippen LogP contribution in [-0.4, -0.2) is 56.7 Å². The third-order valence-electron chi connectivity index (χ3n) is 3.45. The van der Waals surface area contributed by atoms with Gasteiger partial charge in [-0.05, 0) is 17.5 Å². The van der Waals surface area contributed by atoms with Crippen LogP contribution in [0.1, 0.15) is 6.42 Å². The zero-order chi connectivity index (χ0) is 13.7. The average molecular weight is 356 g/mol. The molecule has 1 aromatic rings. The fraction of sp³-hybridized carbons (Fsp3) is 0.615. The lowest BCUT2D eigenvalue weighted by Gasteiger charge is -2.35. The lowest BCUT2D eigenvalue weighted by atomic mass is 10.2. The second-order valence-electron chi connectivity index (χ2n) is 4.62. The topological polar surface area (TPSA) is 58.8 Å². The quantitative estimate of drug-likeness (QED) is 0.871. The van der Waals surface area contributed by atoms with E-state index in [-0.39, 0.29) is 36.8 Å². The zero-order valence-corrected chi connectivity index (χ0v) is 14.5. The van der Waals surface area contributed by atoms with Crippen molar-refractivity contribution in [1.82, 2.24) is 4.90 Å². The van der Waals surface area contributed by atoms with Crippen molar-refractivity contribution in [2.45, 2.75) is 12.5 Å². The van der Waals surface area contributed by atoms with E-state index in [0.29, 0.717) is 13.0 Å². The highest BCUT2D eigenvalue weighted by molar-refractivity contribution is 7.14. The second-order valence-corrected chi connectivity index (χ2v) is 5.54. The molecule has 122 valence electrons. The summed E-state index contributed by atoms with van der Waals surface area (Å²) in [6, 6.07) is 4.18. The van der Waals surface area contributed by atoms with Gasteiger partial charge in [0.1, 0.15) is 0 Å². The largest absolute Gasteiger partial charge is 0.380 e. The van der Waals surface area contributed by atoms with Gasteiger partial charge in [-0.2, -0.15) is 0 Å². The maximum Gasteiger partial charge on any atom is 0.225 e. The normalized spacial score (nSPS) is 15.9. The molecule has 1 aliphatic rings. The first kappa shape index (κ1) is 20.5. The van der Waals surface area contributed by atoms with Gasteiger partial charge in [0.15, 0.2) is 0 Å². The molecule has 1 amide bonds. The molecule has 2 N–H and O–H groups in total. The molecule has 0 bridgehead atoms. The summed E-state index contributed by atoms with van der Waals surface area (Å²) >= 11 is 1.74. The molecule has 1 aliphatic heterocycles. The first-order valence-corrected chi connectivity index (χ1v) is 7.41. The number of methoxy groups -OCH3 is 1. The standard InChI is InChI=1S/C13H21N3O2S.2ClH/c1-18-11(10-14)9-12(17)15-4-6-16(7-5-15)13-3-2-8-19-13;;/h2-3,8,11H,4-7,9-10,14H2,1H3;2*1H. The van der Waals surface area contributed by atoms with Crippen LogP contribution in [0.2, 0.25) is 0 Å². The molecule has 5 nitrogen and oxygen atoms in total. The van der Waals surface area contributed by atoms with Crippen LogP contribution in [0.15, 0.2) is 17.5 Å². The van der Waals surface area contributed by atoms with Crippen LogP contribution in [0.4, 0.5) is 5.00 Å². The van der Waals surface area contributed by atoms with Gasteiger partial charge < -0.3 is 20.3 Å². The number of amides is 1. The summed E-state index contributed by atoms with van der Waals surface area (Å²) < 4.78 is 5.16. The van der Waals surface area contributed by atoms with Crippen LogP contribution < -0.4 is 10.6 Å². The van der Waals surface area contributed by atoms with Crippen molar-refractivity contribution in [3.05, 3.63) is 17.5 Å². The van der Waals surface area contributed by atoms with Gasteiger partial charge in [-0.3, -0.25) is 4.79 Å². The zero-order valence-electron chi connectivity index (χ0n) is 12.1. The molecule has 0 aromatic carbocycles. The number of ether oxygens (including phenoxy) is 1. The van der Waals surface area contributed by atoms with Gasteiger partial charge in [-0.1, -0.05) is 0 Å². The van der Waals surface area contributed by atoms with E-state index in [4.69, 9.17) is 10.5 Å². The molecule has 0 radical (unpaired) electrons. The van der Waals surface area contributed by atoms with E-state index in [2.05, 4.69) is 22.4 Å². The van der Waals surface area contributed by atoms with Crippen LogP contribution >= 0.6 is 36.2 Å². The molecular formula is C13H23Cl2N3O2S. The van der Waals surface area contributed by atoms with Gasteiger partial charge in [0, 0.05) is 39.8 Å². The molecular weight excluding hydrogens is 333 g/mol. The van der Waals surface area contributed by atoms with Crippen molar-refractivity contribution in [2.24, 2.45) is 5.73 Å². The van der Waals surface area contributed by atoms with Crippen molar-refractivity contribution in [3.63, 3.8) is 0 Å². The first-order valence-electron chi connectivity index (χ1n) is 6.53. The number of thiophene rings is 1. The lowest BCUT2D eigenvalue weighted by molar-refractivity contribution is -0.133. The van der Waals surface area contributed by atoms with E-state index < -0.39 is 0 Å². The Kier molecular flexibility index (Phi) is 9.98. The third-order valence-corrected chi connectivity index (χ3v) is 4.38. The van der Waals surface area contributed by atoms with Crippen molar-refractivity contribution in [2.75, 3.05) is 44.7 Å². The molecule has 1 unspecified atom stereocenters. The maximum absolute atomic E-state index is 12.1. The number of carbonyl (C=O) groups is 1. The highest BCUT2D eigenvalue weighted by atomic mass is 35.5. The number of anilines is 1. The predicted molar refractivity (Wildman–Crippen MR) is 92.1 cm³/mol. The lowest BCUT2D eigenvalue weighted by Crippen LogP contribution is -2.49. The molecule has 1 atom stereocenters. The summed E-state index contributed by atoms with van der Waals surface area (Å²) in [4.78, 5) is 16.3. The van der Waals surface area contributed by atoms with Crippen LogP contribution in [0.3, 0.4) is 0 Å². The highest BCUT2D eigenvalue weighted by Crippen LogP contribution is 2.22. The summed E-state index contributed by atoms with van der Waals surface area (Å²) in [5.41, 5.74) is 5.54. The minimum Gasteiger partial charge on any atom is -0.380 e. The number of piperazine rings is 1. The van der Waals surface area contributed by atoms with Crippen molar-refractivity contribution in [1.29, 1.82) is 0 Å². The van der Waals surface area contributed by atoms with E-state index in [0.717, 1.165) is 26.2 Å². The summed E-state index contributed by atoms with van der Waals surface area (Å²) in [5.74, 6) is 0.142. The number of nitrogens with two attached hydrogens (primary N) is 1. The number of rotatable bonds is 5. The van der Waals surface area contributed by atoms with Crippen LogP contribution in [0.5, 0.6) is 0 Å². The Hall–Kier alpha value is -0.530. The average Bonchev–Trinajstić information content (AvgIpc) is 2.99. The van der Waals surface area contributed by atoms with E-state index in [9.17, 15) is 4.79 Å². The Balaban J connectivity index is 0.00000200. The summed E-state index contributed by atoms with van der Waals surface area (Å²) in [7, 11) is 1.60. The van der Waals surface area contributed by atoms with Gasteiger partial charge in [-0.25, -0.2) is 0 Å². The minimum absolute atomic E-state index is 0. The van der Waals surface area contributed by atoms with E-state index in [1.807, 2.05) is 4.90 Å². The summed E-state index contributed by atoms with van der Waals surface area (Å²) in [6.45, 7) is 3.73. The van der Waals surface area contributed by atoms with E-state index in [1.54, 1.807) is 18.4 Å². The maximum atomic E-state index is 12.1. The molecule has 0 spiro atoms. The molecule has 1 saturated heterocycles. The highest BCUT2D eigenvalue weighted by Gasteiger charge is 2.23. The van der Waals surface area contributed by atoms with Crippen molar-refractivity contribution < 1.29 is 9.53 Å². The predicted octanol–water partition coefficient (Wildman–Crippen LogP) is 1.60. The smallest absolute Gasteiger partial charge is 0.225 e. The van der Waals surface area contributed by atoms with Gasteiger partial charge in [-0.15, -0.1) is 36.2 Å². The fourth-order valence-electron chi connectivity index (χ4n) is 2.21. The van der Waals surface area contributed by atoms with Gasteiger partial charge in [0.05, 0.1) is 17.5 Å². The Morgan fingerprint density at radius 2 is 2.05 bits per heavy atom.